The molecule has 2 aromatic rings. The predicted molar refractivity (Wildman–Crippen MR) is 78.6 cm³/mol. The summed E-state index contributed by atoms with van der Waals surface area (Å²) in [4.78, 5) is 11.5. The molecule has 0 spiro atoms. The molecule has 20 heavy (non-hydrogen) atoms. The molecule has 1 aromatic carbocycles. The van der Waals surface area contributed by atoms with Crippen LogP contribution in [0.25, 0.3) is 10.9 Å². The number of benzene rings is 1. The van der Waals surface area contributed by atoms with E-state index in [1.807, 2.05) is 25.2 Å². The summed E-state index contributed by atoms with van der Waals surface area (Å²) >= 11 is 3.40. The van der Waals surface area contributed by atoms with Crippen LogP contribution in [-0.4, -0.2) is 40.6 Å². The standard InChI is InChI=1S/C13H16BrN3O3/c1-17-11-4-3-9(14)7-10(11)13(16-17)20-8-12(19)15-5-2-6-18/h3-4,7,18H,2,5-6,8H2,1H3,(H,15,19). The van der Waals surface area contributed by atoms with Gasteiger partial charge in [-0.3, -0.25) is 9.48 Å². The van der Waals surface area contributed by atoms with Gasteiger partial charge in [0.2, 0.25) is 5.88 Å². The summed E-state index contributed by atoms with van der Waals surface area (Å²) in [6.45, 7) is 0.400. The van der Waals surface area contributed by atoms with Gasteiger partial charge < -0.3 is 15.2 Å². The molecule has 108 valence electrons. The zero-order valence-corrected chi connectivity index (χ0v) is 12.7. The number of aliphatic hydroxyl groups is 1. The SMILES string of the molecule is Cn1nc(OCC(=O)NCCCO)c2cc(Br)ccc21. The number of hydrogen-bond donors (Lipinski definition) is 2. The molecule has 1 amide bonds. The second-order valence-electron chi connectivity index (χ2n) is 4.31. The van der Waals surface area contributed by atoms with E-state index in [2.05, 4.69) is 26.3 Å². The molecule has 1 aromatic heterocycles. The number of amides is 1. The molecule has 0 saturated heterocycles. The first kappa shape index (κ1) is 14.8. The van der Waals surface area contributed by atoms with Crippen molar-refractivity contribution in [3.8, 4) is 5.88 Å². The Labute approximate surface area is 124 Å². The topological polar surface area (TPSA) is 76.4 Å². The maximum atomic E-state index is 11.5. The second kappa shape index (κ2) is 6.71. The van der Waals surface area contributed by atoms with Crippen LogP contribution in [0, 0.1) is 0 Å². The van der Waals surface area contributed by atoms with E-state index < -0.39 is 0 Å². The third-order valence-electron chi connectivity index (χ3n) is 2.78. The molecular weight excluding hydrogens is 326 g/mol. The molecule has 0 radical (unpaired) electrons. The molecule has 0 atom stereocenters. The lowest BCUT2D eigenvalue weighted by Crippen LogP contribution is -2.30. The van der Waals surface area contributed by atoms with Crippen molar-refractivity contribution < 1.29 is 14.6 Å². The molecule has 0 aliphatic rings. The van der Waals surface area contributed by atoms with E-state index in [1.54, 1.807) is 4.68 Å². The fraction of sp³-hybridized carbons (Fsp3) is 0.385. The molecular formula is C13H16BrN3O3. The van der Waals surface area contributed by atoms with Crippen LogP contribution >= 0.6 is 15.9 Å². The largest absolute Gasteiger partial charge is 0.466 e. The summed E-state index contributed by atoms with van der Waals surface area (Å²) in [5, 5.41) is 16.4. The van der Waals surface area contributed by atoms with E-state index in [9.17, 15) is 4.79 Å². The maximum absolute atomic E-state index is 11.5. The number of rotatable bonds is 6. The van der Waals surface area contributed by atoms with Crippen LogP contribution in [-0.2, 0) is 11.8 Å². The summed E-state index contributed by atoms with van der Waals surface area (Å²) in [7, 11) is 1.82. The van der Waals surface area contributed by atoms with Crippen LogP contribution < -0.4 is 10.1 Å². The number of aromatic nitrogens is 2. The van der Waals surface area contributed by atoms with E-state index in [-0.39, 0.29) is 19.1 Å². The van der Waals surface area contributed by atoms with Crippen LogP contribution in [0.5, 0.6) is 5.88 Å². The van der Waals surface area contributed by atoms with Gasteiger partial charge in [-0.05, 0) is 24.6 Å². The molecule has 6 nitrogen and oxygen atoms in total. The van der Waals surface area contributed by atoms with Crippen LogP contribution in [0.1, 0.15) is 6.42 Å². The normalized spacial score (nSPS) is 10.8. The van der Waals surface area contributed by atoms with Crippen molar-refractivity contribution in [3.05, 3.63) is 22.7 Å². The predicted octanol–water partition coefficient (Wildman–Crippen LogP) is 1.21. The zero-order chi connectivity index (χ0) is 14.5. The van der Waals surface area contributed by atoms with E-state index in [1.165, 1.54) is 0 Å². The van der Waals surface area contributed by atoms with Crippen molar-refractivity contribution in [2.24, 2.45) is 7.05 Å². The lowest BCUT2D eigenvalue weighted by Gasteiger charge is -2.05. The van der Waals surface area contributed by atoms with E-state index >= 15 is 0 Å². The Morgan fingerprint density at radius 3 is 3.10 bits per heavy atom. The number of nitrogens with one attached hydrogen (secondary N) is 1. The van der Waals surface area contributed by atoms with Gasteiger partial charge >= 0.3 is 0 Å². The van der Waals surface area contributed by atoms with Gasteiger partial charge in [0, 0.05) is 24.7 Å². The summed E-state index contributed by atoms with van der Waals surface area (Å²) in [5.41, 5.74) is 0.934. The smallest absolute Gasteiger partial charge is 0.258 e. The molecule has 7 heteroatoms. The van der Waals surface area contributed by atoms with Crippen molar-refractivity contribution in [1.82, 2.24) is 15.1 Å². The molecule has 0 saturated carbocycles. The highest BCUT2D eigenvalue weighted by molar-refractivity contribution is 9.10. The molecule has 2 N–H and O–H groups in total. The number of halogens is 1. The minimum absolute atomic E-state index is 0.0556. The van der Waals surface area contributed by atoms with Gasteiger partial charge in [0.25, 0.3) is 5.91 Å². The van der Waals surface area contributed by atoms with Gasteiger partial charge in [0.15, 0.2) is 6.61 Å². The van der Waals surface area contributed by atoms with Crippen LogP contribution in [0.2, 0.25) is 0 Å². The lowest BCUT2D eigenvalue weighted by atomic mass is 10.2. The minimum atomic E-state index is -0.229. The van der Waals surface area contributed by atoms with Gasteiger partial charge in [-0.2, -0.15) is 0 Å². The molecule has 0 aliphatic carbocycles. The van der Waals surface area contributed by atoms with Crippen molar-refractivity contribution in [1.29, 1.82) is 0 Å². The van der Waals surface area contributed by atoms with Crippen molar-refractivity contribution in [3.63, 3.8) is 0 Å². The highest BCUT2D eigenvalue weighted by Crippen LogP contribution is 2.27. The molecule has 0 fully saturated rings. The Hall–Kier alpha value is -1.60. The Morgan fingerprint density at radius 1 is 1.55 bits per heavy atom. The van der Waals surface area contributed by atoms with Crippen LogP contribution in [0.3, 0.4) is 0 Å². The number of carbonyl (C=O) groups is 1. The van der Waals surface area contributed by atoms with Gasteiger partial charge in [-0.1, -0.05) is 15.9 Å². The number of aliphatic hydroxyl groups excluding tert-OH is 1. The van der Waals surface area contributed by atoms with Crippen molar-refractivity contribution in [2.75, 3.05) is 19.8 Å². The first-order valence-electron chi connectivity index (χ1n) is 6.24. The molecule has 0 unspecified atom stereocenters. The second-order valence-corrected chi connectivity index (χ2v) is 5.22. The number of nitrogens with zero attached hydrogens (tertiary/aromatic N) is 2. The number of fused-ring (bicyclic) bond motifs is 1. The molecule has 2 rings (SSSR count). The quantitative estimate of drug-likeness (QED) is 0.774. The first-order valence-corrected chi connectivity index (χ1v) is 7.03. The third-order valence-corrected chi connectivity index (χ3v) is 3.27. The fourth-order valence-corrected chi connectivity index (χ4v) is 2.17. The number of hydrogen-bond acceptors (Lipinski definition) is 4. The maximum Gasteiger partial charge on any atom is 0.258 e. The molecule has 0 bridgehead atoms. The number of aryl methyl sites for hydroxylation is 1. The number of ether oxygens (including phenoxy) is 1. The average Bonchev–Trinajstić information content (AvgIpc) is 2.73. The average molecular weight is 342 g/mol. The minimum Gasteiger partial charge on any atom is -0.466 e. The number of carbonyl (C=O) groups excluding carboxylic acids is 1. The van der Waals surface area contributed by atoms with Crippen molar-refractivity contribution in [2.45, 2.75) is 6.42 Å². The lowest BCUT2D eigenvalue weighted by molar-refractivity contribution is -0.123. The van der Waals surface area contributed by atoms with E-state index in [4.69, 9.17) is 9.84 Å². The van der Waals surface area contributed by atoms with Gasteiger partial charge in [-0.25, -0.2) is 0 Å². The third kappa shape index (κ3) is 3.49. The molecule has 1 heterocycles. The summed E-state index contributed by atoms with van der Waals surface area (Å²) in [6.07, 6.45) is 0.533. The summed E-state index contributed by atoms with van der Waals surface area (Å²) in [6, 6.07) is 5.76. The summed E-state index contributed by atoms with van der Waals surface area (Å²) < 4.78 is 8.10. The van der Waals surface area contributed by atoms with Gasteiger partial charge in [0.05, 0.1) is 10.9 Å². The Bertz CT molecular complexity index is 612. The Balaban J connectivity index is 2.03. The van der Waals surface area contributed by atoms with Gasteiger partial charge in [-0.15, -0.1) is 5.10 Å². The zero-order valence-electron chi connectivity index (χ0n) is 11.1. The van der Waals surface area contributed by atoms with E-state index in [0.717, 1.165) is 15.4 Å². The van der Waals surface area contributed by atoms with E-state index in [0.29, 0.717) is 18.8 Å². The van der Waals surface area contributed by atoms with Crippen molar-refractivity contribution >= 4 is 32.7 Å². The Kier molecular flexibility index (Phi) is 4.97. The monoisotopic (exact) mass is 341 g/mol. The fourth-order valence-electron chi connectivity index (χ4n) is 1.80. The highest BCUT2D eigenvalue weighted by Gasteiger charge is 2.11. The molecule has 0 aliphatic heterocycles. The van der Waals surface area contributed by atoms with Gasteiger partial charge in [0.1, 0.15) is 0 Å². The highest BCUT2D eigenvalue weighted by atomic mass is 79.9. The van der Waals surface area contributed by atoms with Crippen LogP contribution in [0.4, 0.5) is 0 Å². The van der Waals surface area contributed by atoms with Crippen LogP contribution in [0.15, 0.2) is 22.7 Å². The summed E-state index contributed by atoms with van der Waals surface area (Å²) in [5.74, 6) is 0.202. The Morgan fingerprint density at radius 2 is 2.35 bits per heavy atom. The first-order chi connectivity index (χ1) is 9.61.